The third-order valence-electron chi connectivity index (χ3n) is 3.05. The van der Waals surface area contributed by atoms with Crippen LogP contribution in [-0.4, -0.2) is 44.1 Å². The molecule has 20 heavy (non-hydrogen) atoms. The smallest absolute Gasteiger partial charge is 0.202 e. The van der Waals surface area contributed by atoms with Crippen LogP contribution < -0.4 is 5.32 Å². The first-order valence-electron chi connectivity index (χ1n) is 6.97. The summed E-state index contributed by atoms with van der Waals surface area (Å²) in [4.78, 5) is 4.32. The highest BCUT2D eigenvalue weighted by molar-refractivity contribution is 5.25. The monoisotopic (exact) mass is 278 g/mol. The average Bonchev–Trinajstić information content (AvgIpc) is 3.05. The first-order valence-corrected chi connectivity index (χ1v) is 6.97. The van der Waals surface area contributed by atoms with E-state index in [4.69, 9.17) is 4.74 Å². The Balaban J connectivity index is 1.78. The van der Waals surface area contributed by atoms with Crippen LogP contribution in [0.5, 0.6) is 0 Å². The number of rotatable bonds is 9. The molecule has 2 heterocycles. The molecule has 7 nitrogen and oxygen atoms in total. The van der Waals surface area contributed by atoms with E-state index in [1.807, 2.05) is 30.9 Å². The third kappa shape index (κ3) is 4.06. The molecule has 0 saturated carbocycles. The third-order valence-corrected chi connectivity index (χ3v) is 3.05. The maximum atomic E-state index is 5.31. The number of hydrogen-bond donors (Lipinski definition) is 1. The zero-order chi connectivity index (χ0) is 14.2. The molecule has 0 spiro atoms. The van der Waals surface area contributed by atoms with Gasteiger partial charge in [0.05, 0.1) is 0 Å². The lowest BCUT2D eigenvalue weighted by atomic mass is 10.4. The van der Waals surface area contributed by atoms with Gasteiger partial charge in [0, 0.05) is 52.2 Å². The van der Waals surface area contributed by atoms with Crippen LogP contribution in [0.4, 0.5) is 5.95 Å². The molecule has 0 unspecified atom stereocenters. The van der Waals surface area contributed by atoms with Gasteiger partial charge in [-0.15, -0.1) is 10.2 Å². The highest BCUT2D eigenvalue weighted by Gasteiger charge is 2.05. The molecule has 0 aliphatic carbocycles. The molecule has 0 amide bonds. The molecule has 0 aliphatic rings. The lowest BCUT2D eigenvalue weighted by Gasteiger charge is -2.09. The van der Waals surface area contributed by atoms with Gasteiger partial charge in [-0.05, 0) is 13.3 Å². The summed E-state index contributed by atoms with van der Waals surface area (Å²) in [7, 11) is 1.95. The lowest BCUT2D eigenvalue weighted by molar-refractivity contribution is 0.147. The molecular formula is C13H22N6O. The van der Waals surface area contributed by atoms with E-state index in [2.05, 4.69) is 25.1 Å². The van der Waals surface area contributed by atoms with Gasteiger partial charge in [-0.25, -0.2) is 4.98 Å². The van der Waals surface area contributed by atoms with Crippen molar-refractivity contribution in [3.63, 3.8) is 0 Å². The number of ether oxygens (including phenoxy) is 1. The summed E-state index contributed by atoms with van der Waals surface area (Å²) in [5, 5.41) is 11.3. The van der Waals surface area contributed by atoms with Crippen LogP contribution in [-0.2, 0) is 24.8 Å². The molecule has 2 aromatic heterocycles. The number of anilines is 1. The fraction of sp³-hybridized carbons (Fsp3) is 0.615. The highest BCUT2D eigenvalue weighted by atomic mass is 16.5. The molecule has 110 valence electrons. The summed E-state index contributed by atoms with van der Waals surface area (Å²) in [5.41, 5.74) is 0. The van der Waals surface area contributed by atoms with E-state index in [9.17, 15) is 0 Å². The van der Waals surface area contributed by atoms with Crippen LogP contribution in [0.25, 0.3) is 0 Å². The van der Waals surface area contributed by atoms with Crippen LogP contribution in [0.15, 0.2) is 18.7 Å². The van der Waals surface area contributed by atoms with Crippen molar-refractivity contribution in [2.75, 3.05) is 25.1 Å². The normalized spacial score (nSPS) is 10.9. The van der Waals surface area contributed by atoms with Gasteiger partial charge in [0.1, 0.15) is 12.2 Å². The maximum Gasteiger partial charge on any atom is 0.202 e. The van der Waals surface area contributed by atoms with Gasteiger partial charge in [0.15, 0.2) is 0 Å². The van der Waals surface area contributed by atoms with Crippen LogP contribution in [0.1, 0.15) is 19.2 Å². The molecule has 7 heteroatoms. The molecule has 2 rings (SSSR count). The van der Waals surface area contributed by atoms with Crippen molar-refractivity contribution in [3.8, 4) is 0 Å². The molecule has 0 bridgehead atoms. The SMILES string of the molecule is CCOCCCNc1nccn1CCc1nncn1C. The standard InChI is InChI=1S/C13H22N6O/c1-3-20-10-4-6-14-13-15-7-9-19(13)8-5-12-17-16-11-18(12)2/h7,9,11H,3-6,8,10H2,1-2H3,(H,14,15). The summed E-state index contributed by atoms with van der Waals surface area (Å²) in [6.45, 7) is 5.25. The number of imidazole rings is 1. The largest absolute Gasteiger partial charge is 0.382 e. The van der Waals surface area contributed by atoms with Crippen LogP contribution in [0.2, 0.25) is 0 Å². The van der Waals surface area contributed by atoms with E-state index in [1.165, 1.54) is 0 Å². The van der Waals surface area contributed by atoms with Gasteiger partial charge in [0.2, 0.25) is 5.95 Å². The Bertz CT molecular complexity index is 506. The first-order chi connectivity index (χ1) is 9.81. The van der Waals surface area contributed by atoms with Crippen molar-refractivity contribution < 1.29 is 4.74 Å². The Kier molecular flexibility index (Phi) is 5.55. The number of aryl methyl sites for hydroxylation is 3. The molecule has 0 aliphatic heterocycles. The minimum atomic E-state index is 0.770. The Morgan fingerprint density at radius 1 is 1.40 bits per heavy atom. The van der Waals surface area contributed by atoms with Crippen molar-refractivity contribution in [3.05, 3.63) is 24.5 Å². The fourth-order valence-electron chi connectivity index (χ4n) is 1.93. The molecule has 0 radical (unpaired) electrons. The van der Waals surface area contributed by atoms with Crippen molar-refractivity contribution in [1.82, 2.24) is 24.3 Å². The predicted octanol–water partition coefficient (Wildman–Crippen LogP) is 1.09. The summed E-state index contributed by atoms with van der Waals surface area (Å²) < 4.78 is 9.34. The molecular weight excluding hydrogens is 256 g/mol. The fourth-order valence-corrected chi connectivity index (χ4v) is 1.93. The van der Waals surface area contributed by atoms with Crippen molar-refractivity contribution in [2.24, 2.45) is 7.05 Å². The first kappa shape index (κ1) is 14.5. The summed E-state index contributed by atoms with van der Waals surface area (Å²) in [5.74, 6) is 1.87. The molecule has 0 fully saturated rings. The highest BCUT2D eigenvalue weighted by Crippen LogP contribution is 2.06. The number of hydrogen-bond acceptors (Lipinski definition) is 5. The summed E-state index contributed by atoms with van der Waals surface area (Å²) in [6.07, 6.45) is 7.31. The van der Waals surface area contributed by atoms with Crippen LogP contribution in [0.3, 0.4) is 0 Å². The minimum absolute atomic E-state index is 0.770. The van der Waals surface area contributed by atoms with Gasteiger partial charge >= 0.3 is 0 Å². The van der Waals surface area contributed by atoms with Crippen molar-refractivity contribution in [2.45, 2.75) is 26.3 Å². The van der Waals surface area contributed by atoms with E-state index in [1.54, 1.807) is 6.33 Å². The van der Waals surface area contributed by atoms with Crippen molar-refractivity contribution in [1.29, 1.82) is 0 Å². The topological polar surface area (TPSA) is 69.8 Å². The van der Waals surface area contributed by atoms with Gasteiger partial charge in [-0.1, -0.05) is 0 Å². The van der Waals surface area contributed by atoms with Gasteiger partial charge < -0.3 is 19.2 Å². The minimum Gasteiger partial charge on any atom is -0.382 e. The van der Waals surface area contributed by atoms with E-state index < -0.39 is 0 Å². The molecule has 0 saturated heterocycles. The molecule has 1 N–H and O–H groups in total. The zero-order valence-electron chi connectivity index (χ0n) is 12.1. The Morgan fingerprint density at radius 3 is 3.05 bits per heavy atom. The lowest BCUT2D eigenvalue weighted by Crippen LogP contribution is -2.12. The second-order valence-electron chi connectivity index (χ2n) is 4.53. The number of nitrogens with zero attached hydrogens (tertiary/aromatic N) is 5. The number of aromatic nitrogens is 5. The van der Waals surface area contributed by atoms with E-state index in [0.29, 0.717) is 0 Å². The summed E-state index contributed by atoms with van der Waals surface area (Å²) in [6, 6.07) is 0. The van der Waals surface area contributed by atoms with E-state index in [-0.39, 0.29) is 0 Å². The Hall–Kier alpha value is -1.89. The maximum absolute atomic E-state index is 5.31. The molecule has 0 aromatic carbocycles. The van der Waals surface area contributed by atoms with E-state index >= 15 is 0 Å². The Labute approximate surface area is 119 Å². The van der Waals surface area contributed by atoms with Gasteiger partial charge in [-0.2, -0.15) is 0 Å². The molecule has 2 aromatic rings. The Morgan fingerprint density at radius 2 is 2.30 bits per heavy atom. The quantitative estimate of drug-likeness (QED) is 0.695. The second-order valence-corrected chi connectivity index (χ2v) is 4.53. The summed E-state index contributed by atoms with van der Waals surface area (Å²) >= 11 is 0. The van der Waals surface area contributed by atoms with Gasteiger partial charge in [-0.3, -0.25) is 0 Å². The number of nitrogens with one attached hydrogen (secondary N) is 1. The van der Waals surface area contributed by atoms with Crippen LogP contribution in [0, 0.1) is 0 Å². The zero-order valence-corrected chi connectivity index (χ0v) is 12.1. The van der Waals surface area contributed by atoms with Crippen LogP contribution >= 0.6 is 0 Å². The van der Waals surface area contributed by atoms with Crippen molar-refractivity contribution >= 4 is 5.95 Å². The van der Waals surface area contributed by atoms with Gasteiger partial charge in [0.25, 0.3) is 0 Å². The average molecular weight is 278 g/mol. The second kappa shape index (κ2) is 7.64. The molecule has 0 atom stereocenters. The predicted molar refractivity (Wildman–Crippen MR) is 76.5 cm³/mol. The van der Waals surface area contributed by atoms with E-state index in [0.717, 1.165) is 50.9 Å².